The molecule has 0 aromatic heterocycles. The fourth-order valence-electron chi connectivity index (χ4n) is 2.51. The molecule has 2 atom stereocenters. The molecular weight excluding hydrogens is 218 g/mol. The van der Waals surface area contributed by atoms with Crippen molar-refractivity contribution in [3.05, 3.63) is 0 Å². The molecule has 0 aromatic rings. The molecule has 0 aliphatic carbocycles. The molecule has 0 radical (unpaired) electrons. The molecule has 1 amide bonds. The molecule has 2 N–H and O–H groups in total. The molecule has 5 nitrogen and oxygen atoms in total. The summed E-state index contributed by atoms with van der Waals surface area (Å²) >= 11 is 0. The Morgan fingerprint density at radius 1 is 1.35 bits per heavy atom. The SMILES string of the molecule is CC(C)(C)OC(=O)N1CCNC2CNCCC21. The molecule has 0 spiro atoms. The number of piperidine rings is 1. The summed E-state index contributed by atoms with van der Waals surface area (Å²) in [7, 11) is 0. The van der Waals surface area contributed by atoms with E-state index in [0.29, 0.717) is 6.04 Å². The van der Waals surface area contributed by atoms with Gasteiger partial charge in [-0.25, -0.2) is 4.79 Å². The fraction of sp³-hybridized carbons (Fsp3) is 0.917. The van der Waals surface area contributed by atoms with Crippen LogP contribution in [0.2, 0.25) is 0 Å². The normalized spacial score (nSPS) is 29.7. The zero-order valence-corrected chi connectivity index (χ0v) is 11.0. The minimum atomic E-state index is -0.412. The van der Waals surface area contributed by atoms with Crippen LogP contribution in [0.5, 0.6) is 0 Å². The van der Waals surface area contributed by atoms with Crippen LogP contribution in [0, 0.1) is 0 Å². The first-order valence-electron chi connectivity index (χ1n) is 6.41. The molecular formula is C12H23N3O2. The van der Waals surface area contributed by atoms with Gasteiger partial charge < -0.3 is 20.3 Å². The lowest BCUT2D eigenvalue weighted by Crippen LogP contribution is -2.65. The molecule has 2 aliphatic heterocycles. The maximum Gasteiger partial charge on any atom is 0.410 e. The van der Waals surface area contributed by atoms with Crippen molar-refractivity contribution >= 4 is 6.09 Å². The summed E-state index contributed by atoms with van der Waals surface area (Å²) in [4.78, 5) is 14.0. The van der Waals surface area contributed by atoms with Crippen LogP contribution in [0.1, 0.15) is 27.2 Å². The Labute approximate surface area is 103 Å². The number of amides is 1. The van der Waals surface area contributed by atoms with E-state index in [-0.39, 0.29) is 12.1 Å². The van der Waals surface area contributed by atoms with E-state index in [1.165, 1.54) is 0 Å². The number of hydrogen-bond acceptors (Lipinski definition) is 4. The second-order valence-corrected chi connectivity index (χ2v) is 5.79. The van der Waals surface area contributed by atoms with Crippen molar-refractivity contribution in [1.82, 2.24) is 15.5 Å². The predicted molar refractivity (Wildman–Crippen MR) is 66.0 cm³/mol. The van der Waals surface area contributed by atoms with Crippen LogP contribution < -0.4 is 10.6 Å². The second kappa shape index (κ2) is 4.82. The van der Waals surface area contributed by atoms with Crippen LogP contribution >= 0.6 is 0 Å². The summed E-state index contributed by atoms with van der Waals surface area (Å²) in [5.41, 5.74) is -0.412. The highest BCUT2D eigenvalue weighted by Crippen LogP contribution is 2.19. The van der Waals surface area contributed by atoms with Gasteiger partial charge in [0.25, 0.3) is 0 Å². The van der Waals surface area contributed by atoms with Crippen LogP contribution in [-0.4, -0.2) is 54.9 Å². The Morgan fingerprint density at radius 2 is 2.12 bits per heavy atom. The minimum absolute atomic E-state index is 0.170. The number of nitrogens with one attached hydrogen (secondary N) is 2. The smallest absolute Gasteiger partial charge is 0.410 e. The van der Waals surface area contributed by atoms with Crippen molar-refractivity contribution in [1.29, 1.82) is 0 Å². The summed E-state index contributed by atoms with van der Waals surface area (Å²) in [5, 5.41) is 6.81. The molecule has 17 heavy (non-hydrogen) atoms. The van der Waals surface area contributed by atoms with Gasteiger partial charge in [0.1, 0.15) is 5.60 Å². The Balaban J connectivity index is 2.01. The second-order valence-electron chi connectivity index (χ2n) is 5.79. The van der Waals surface area contributed by atoms with Crippen molar-refractivity contribution in [2.45, 2.75) is 44.9 Å². The van der Waals surface area contributed by atoms with Crippen LogP contribution in [-0.2, 0) is 4.74 Å². The molecule has 2 fully saturated rings. The van der Waals surface area contributed by atoms with Crippen molar-refractivity contribution in [3.8, 4) is 0 Å². The third-order valence-electron chi connectivity index (χ3n) is 3.23. The van der Waals surface area contributed by atoms with E-state index in [9.17, 15) is 4.79 Å². The molecule has 2 heterocycles. The third kappa shape index (κ3) is 3.10. The molecule has 2 saturated heterocycles. The first-order chi connectivity index (χ1) is 7.97. The monoisotopic (exact) mass is 241 g/mol. The van der Waals surface area contributed by atoms with Crippen LogP contribution in [0.4, 0.5) is 4.79 Å². The van der Waals surface area contributed by atoms with Gasteiger partial charge in [-0.2, -0.15) is 0 Å². The van der Waals surface area contributed by atoms with E-state index in [1.807, 2.05) is 25.7 Å². The summed E-state index contributed by atoms with van der Waals surface area (Å²) in [6, 6.07) is 0.643. The third-order valence-corrected chi connectivity index (χ3v) is 3.23. The molecule has 0 saturated carbocycles. The maximum absolute atomic E-state index is 12.1. The maximum atomic E-state index is 12.1. The number of fused-ring (bicyclic) bond motifs is 1. The Hall–Kier alpha value is -0.810. The van der Waals surface area contributed by atoms with Crippen LogP contribution in [0.3, 0.4) is 0 Å². The van der Waals surface area contributed by atoms with Gasteiger partial charge >= 0.3 is 6.09 Å². The number of carbonyl (C=O) groups excluding carboxylic acids is 1. The van der Waals surface area contributed by atoms with Gasteiger partial charge in [0.05, 0.1) is 6.04 Å². The van der Waals surface area contributed by atoms with Gasteiger partial charge in [0, 0.05) is 25.7 Å². The van der Waals surface area contributed by atoms with E-state index in [0.717, 1.165) is 32.6 Å². The van der Waals surface area contributed by atoms with Crippen molar-refractivity contribution in [3.63, 3.8) is 0 Å². The summed E-state index contributed by atoms with van der Waals surface area (Å²) < 4.78 is 5.46. The predicted octanol–water partition coefficient (Wildman–Crippen LogP) is 0.557. The summed E-state index contributed by atoms with van der Waals surface area (Å²) in [5.74, 6) is 0. The quantitative estimate of drug-likeness (QED) is 0.650. The minimum Gasteiger partial charge on any atom is -0.444 e. The number of ether oxygens (including phenoxy) is 1. The van der Waals surface area contributed by atoms with E-state index >= 15 is 0 Å². The van der Waals surface area contributed by atoms with Gasteiger partial charge in [-0.1, -0.05) is 0 Å². The lowest BCUT2D eigenvalue weighted by Gasteiger charge is -2.44. The van der Waals surface area contributed by atoms with Gasteiger partial charge in [-0.3, -0.25) is 0 Å². The number of hydrogen-bond donors (Lipinski definition) is 2. The van der Waals surface area contributed by atoms with Gasteiger partial charge in [-0.15, -0.1) is 0 Å². The first kappa shape index (κ1) is 12.6. The fourth-order valence-corrected chi connectivity index (χ4v) is 2.51. The molecule has 2 rings (SSSR count). The van der Waals surface area contributed by atoms with Crippen molar-refractivity contribution in [2.75, 3.05) is 26.2 Å². The number of piperazine rings is 1. The number of carbonyl (C=O) groups is 1. The first-order valence-corrected chi connectivity index (χ1v) is 6.41. The zero-order valence-electron chi connectivity index (χ0n) is 11.0. The highest BCUT2D eigenvalue weighted by Gasteiger charge is 2.37. The summed E-state index contributed by atoms with van der Waals surface area (Å²) in [6.45, 7) is 9.23. The van der Waals surface area contributed by atoms with Gasteiger partial charge in [0.15, 0.2) is 0 Å². The topological polar surface area (TPSA) is 53.6 Å². The van der Waals surface area contributed by atoms with Crippen molar-refractivity contribution < 1.29 is 9.53 Å². The molecule has 0 aromatic carbocycles. The summed E-state index contributed by atoms with van der Waals surface area (Å²) in [6.07, 6.45) is 0.826. The molecule has 2 aliphatic rings. The highest BCUT2D eigenvalue weighted by atomic mass is 16.6. The highest BCUT2D eigenvalue weighted by molar-refractivity contribution is 5.69. The molecule has 5 heteroatoms. The molecule has 2 unspecified atom stereocenters. The van der Waals surface area contributed by atoms with Gasteiger partial charge in [0.2, 0.25) is 0 Å². The average Bonchev–Trinajstić information content (AvgIpc) is 2.26. The Kier molecular flexibility index (Phi) is 3.58. The van der Waals surface area contributed by atoms with Crippen molar-refractivity contribution in [2.24, 2.45) is 0 Å². The van der Waals surface area contributed by atoms with E-state index < -0.39 is 5.60 Å². The van der Waals surface area contributed by atoms with E-state index in [4.69, 9.17) is 4.74 Å². The number of rotatable bonds is 0. The largest absolute Gasteiger partial charge is 0.444 e. The Morgan fingerprint density at radius 3 is 2.82 bits per heavy atom. The standard InChI is InChI=1S/C12H23N3O2/c1-12(2,3)17-11(16)15-7-6-14-9-8-13-5-4-10(9)15/h9-10,13-14H,4-8H2,1-3H3. The lowest BCUT2D eigenvalue weighted by molar-refractivity contribution is 0.00186. The Bertz CT molecular complexity index is 286. The molecule has 0 bridgehead atoms. The lowest BCUT2D eigenvalue weighted by atomic mass is 9.97. The zero-order chi connectivity index (χ0) is 12.5. The number of nitrogens with zero attached hydrogens (tertiary/aromatic N) is 1. The van der Waals surface area contributed by atoms with E-state index in [1.54, 1.807) is 0 Å². The average molecular weight is 241 g/mol. The van der Waals surface area contributed by atoms with E-state index in [2.05, 4.69) is 10.6 Å². The van der Waals surface area contributed by atoms with Crippen LogP contribution in [0.15, 0.2) is 0 Å². The van der Waals surface area contributed by atoms with Gasteiger partial charge in [-0.05, 0) is 33.7 Å². The molecule has 98 valence electrons. The van der Waals surface area contributed by atoms with Crippen LogP contribution in [0.25, 0.3) is 0 Å².